The van der Waals surface area contributed by atoms with Crippen molar-refractivity contribution < 1.29 is 8.42 Å². The Morgan fingerprint density at radius 1 is 1.00 bits per heavy atom. The summed E-state index contributed by atoms with van der Waals surface area (Å²) in [6.45, 7) is 6.69. The molecule has 0 radical (unpaired) electrons. The van der Waals surface area contributed by atoms with Crippen molar-refractivity contribution in [3.63, 3.8) is 0 Å². The molecule has 1 heterocycles. The first-order valence-corrected chi connectivity index (χ1v) is 19.2. The van der Waals surface area contributed by atoms with Crippen LogP contribution in [0.1, 0.15) is 59.3 Å². The van der Waals surface area contributed by atoms with Gasteiger partial charge in [-0.05, 0) is 0 Å². The van der Waals surface area contributed by atoms with Gasteiger partial charge in [0.15, 0.2) is 0 Å². The summed E-state index contributed by atoms with van der Waals surface area (Å²) in [5.74, 6) is 0. The van der Waals surface area contributed by atoms with Gasteiger partial charge in [-0.2, -0.15) is 0 Å². The summed E-state index contributed by atoms with van der Waals surface area (Å²) in [7, 11) is -3.37. The van der Waals surface area contributed by atoms with Crippen LogP contribution in [0.4, 0.5) is 0 Å². The number of halogens is 1. The van der Waals surface area contributed by atoms with Crippen LogP contribution in [0.3, 0.4) is 0 Å². The fraction of sp³-hybridized carbons (Fsp3) is 0.765. The summed E-state index contributed by atoms with van der Waals surface area (Å²) in [6, 6.07) is 0. The molecule has 1 aromatic rings. The molecule has 0 fully saturated rings. The molecule has 0 spiro atoms. The molecule has 7 heteroatoms. The Bertz CT molecular complexity index is 601. The topological polar surface area (TPSA) is 59.9 Å². The summed E-state index contributed by atoms with van der Waals surface area (Å²) in [6.07, 6.45) is 10.0. The predicted octanol–water partition coefficient (Wildman–Crippen LogP) is 4.70. The summed E-state index contributed by atoms with van der Waals surface area (Å²) in [5, 5.41) is -0.00808. The van der Waals surface area contributed by atoms with Crippen LogP contribution in [0, 0.1) is 0 Å². The van der Waals surface area contributed by atoms with Gasteiger partial charge in [0.05, 0.1) is 0 Å². The molecule has 24 heavy (non-hydrogen) atoms. The molecular formula is C17H31BrN2O2SSn. The number of rotatable bonds is 11. The van der Waals surface area contributed by atoms with Crippen LogP contribution in [0.2, 0.25) is 13.3 Å². The van der Waals surface area contributed by atoms with Crippen LogP contribution in [-0.4, -0.2) is 43.0 Å². The molecule has 0 aliphatic rings. The van der Waals surface area contributed by atoms with Gasteiger partial charge in [0.1, 0.15) is 0 Å². The van der Waals surface area contributed by atoms with Crippen LogP contribution >= 0.6 is 15.9 Å². The predicted molar refractivity (Wildman–Crippen MR) is 107 cm³/mol. The molecule has 0 amide bonds. The van der Waals surface area contributed by atoms with E-state index in [4.69, 9.17) is 0 Å². The average Bonchev–Trinajstić information content (AvgIpc) is 2.54. The van der Waals surface area contributed by atoms with Crippen molar-refractivity contribution in [3.05, 3.63) is 10.7 Å². The van der Waals surface area contributed by atoms with Gasteiger partial charge in [-0.3, -0.25) is 0 Å². The van der Waals surface area contributed by atoms with Crippen molar-refractivity contribution in [2.24, 2.45) is 0 Å². The van der Waals surface area contributed by atoms with Crippen molar-refractivity contribution in [1.82, 2.24) is 9.97 Å². The Labute approximate surface area is 160 Å². The van der Waals surface area contributed by atoms with E-state index >= 15 is 0 Å². The normalized spacial score (nSPS) is 12.5. The first kappa shape index (κ1) is 22.3. The van der Waals surface area contributed by atoms with E-state index in [0.29, 0.717) is 0 Å². The molecule has 0 aliphatic heterocycles. The van der Waals surface area contributed by atoms with E-state index in [9.17, 15) is 8.42 Å². The zero-order valence-corrected chi connectivity index (χ0v) is 20.7. The number of sulfone groups is 1. The van der Waals surface area contributed by atoms with Crippen LogP contribution < -0.4 is 3.71 Å². The maximum absolute atomic E-state index is 11.9. The van der Waals surface area contributed by atoms with Crippen molar-refractivity contribution in [3.8, 4) is 0 Å². The van der Waals surface area contributed by atoms with Gasteiger partial charge in [0, 0.05) is 0 Å². The number of aromatic nitrogens is 2. The molecular weight excluding hydrogens is 495 g/mol. The molecule has 0 N–H and O–H groups in total. The Hall–Kier alpha value is 0.309. The second-order valence-electron chi connectivity index (χ2n) is 6.71. The van der Waals surface area contributed by atoms with Crippen molar-refractivity contribution in [2.45, 2.75) is 77.8 Å². The minimum atomic E-state index is -3.37. The maximum atomic E-state index is 11.9. The van der Waals surface area contributed by atoms with E-state index in [1.165, 1.54) is 58.1 Å². The zero-order valence-electron chi connectivity index (χ0n) is 15.4. The summed E-state index contributed by atoms with van der Waals surface area (Å²) in [5.41, 5.74) is 0. The molecule has 0 unspecified atom stereocenters. The molecule has 0 aromatic carbocycles. The first-order valence-electron chi connectivity index (χ1n) is 9.03. The second-order valence-corrected chi connectivity index (χ2v) is 22.4. The number of hydrogen-bond acceptors (Lipinski definition) is 4. The van der Waals surface area contributed by atoms with Crippen molar-refractivity contribution in [1.29, 1.82) is 0 Å². The molecule has 4 nitrogen and oxygen atoms in total. The third kappa shape index (κ3) is 6.23. The van der Waals surface area contributed by atoms with E-state index in [1.54, 1.807) is 6.20 Å². The fourth-order valence-corrected chi connectivity index (χ4v) is 22.5. The standard InChI is InChI=1S/C5H4BrN2O2S.3C4H9.Sn/c1-11(9,10)5-7-2-4(6)3-8-5;3*1-3-4-2;/h2H,1H3;3*1,3-4H2,2H3;. The van der Waals surface area contributed by atoms with E-state index in [0.717, 1.165) is 8.18 Å². The van der Waals surface area contributed by atoms with E-state index < -0.39 is 28.2 Å². The Kier molecular flexibility index (Phi) is 9.74. The zero-order chi connectivity index (χ0) is 18.2. The van der Waals surface area contributed by atoms with E-state index in [1.807, 2.05) is 0 Å². The Balaban J connectivity index is 3.43. The Morgan fingerprint density at radius 3 is 1.83 bits per heavy atom. The Morgan fingerprint density at radius 2 is 1.46 bits per heavy atom. The molecule has 138 valence electrons. The minimum absolute atomic E-state index is 0.00808. The van der Waals surface area contributed by atoms with E-state index in [2.05, 4.69) is 46.7 Å². The van der Waals surface area contributed by atoms with Gasteiger partial charge in [-0.1, -0.05) is 0 Å². The van der Waals surface area contributed by atoms with Gasteiger partial charge in [0.2, 0.25) is 0 Å². The molecule has 0 atom stereocenters. The van der Waals surface area contributed by atoms with Gasteiger partial charge in [-0.15, -0.1) is 0 Å². The van der Waals surface area contributed by atoms with Crippen molar-refractivity contribution >= 4 is 47.9 Å². The molecule has 1 rings (SSSR count). The van der Waals surface area contributed by atoms with Gasteiger partial charge >= 0.3 is 161 Å². The number of hydrogen-bond donors (Lipinski definition) is 0. The van der Waals surface area contributed by atoms with Crippen LogP contribution in [0.5, 0.6) is 0 Å². The second kappa shape index (κ2) is 10.5. The fourth-order valence-electron chi connectivity index (χ4n) is 3.18. The third-order valence-electron chi connectivity index (χ3n) is 4.58. The average molecular weight is 526 g/mol. The molecule has 0 aliphatic carbocycles. The number of nitrogens with zero attached hydrogens (tertiary/aromatic N) is 2. The molecule has 0 saturated carbocycles. The first-order chi connectivity index (χ1) is 11.3. The monoisotopic (exact) mass is 526 g/mol. The van der Waals surface area contributed by atoms with Gasteiger partial charge in [0.25, 0.3) is 0 Å². The third-order valence-corrected chi connectivity index (χ3v) is 22.2. The van der Waals surface area contributed by atoms with Crippen LogP contribution in [-0.2, 0) is 9.84 Å². The SMILES string of the molecule is CCC[CH2][Sn]([CH2]CCC)([CH2]CCC)[c]1nc(S(C)(=O)=O)ncc1Br. The summed E-state index contributed by atoms with van der Waals surface area (Å²) >= 11 is 0.876. The summed E-state index contributed by atoms with van der Waals surface area (Å²) in [4.78, 5) is 8.67. The van der Waals surface area contributed by atoms with Crippen molar-refractivity contribution in [2.75, 3.05) is 6.26 Å². The molecule has 0 bridgehead atoms. The number of unbranched alkanes of at least 4 members (excludes halogenated alkanes) is 3. The van der Waals surface area contributed by atoms with Crippen LogP contribution in [0.15, 0.2) is 15.8 Å². The van der Waals surface area contributed by atoms with Gasteiger partial charge in [-0.25, -0.2) is 0 Å². The quantitative estimate of drug-likeness (QED) is 0.310. The van der Waals surface area contributed by atoms with E-state index in [-0.39, 0.29) is 5.16 Å². The van der Waals surface area contributed by atoms with Gasteiger partial charge < -0.3 is 0 Å². The summed E-state index contributed by atoms with van der Waals surface area (Å²) < 4.78 is 29.7. The molecule has 1 aromatic heterocycles. The van der Waals surface area contributed by atoms with Crippen LogP contribution in [0.25, 0.3) is 0 Å². The molecule has 0 saturated heterocycles.